The lowest BCUT2D eigenvalue weighted by Gasteiger charge is -2.12. The number of hydrogen-bond acceptors (Lipinski definition) is 3. The predicted molar refractivity (Wildman–Crippen MR) is 77.4 cm³/mol. The van der Waals surface area contributed by atoms with Gasteiger partial charge in [0, 0.05) is 18.3 Å². The Labute approximate surface area is 118 Å². The first kappa shape index (κ1) is 14.5. The Morgan fingerprint density at radius 2 is 2.15 bits per heavy atom. The van der Waals surface area contributed by atoms with Crippen LogP contribution in [-0.2, 0) is 6.54 Å². The highest BCUT2D eigenvalue weighted by Crippen LogP contribution is 2.26. The summed E-state index contributed by atoms with van der Waals surface area (Å²) in [6, 6.07) is 8.33. The van der Waals surface area contributed by atoms with Crippen molar-refractivity contribution < 1.29 is 9.13 Å². The molecule has 0 spiro atoms. The van der Waals surface area contributed by atoms with E-state index in [2.05, 4.69) is 17.2 Å². The van der Waals surface area contributed by atoms with E-state index in [1.807, 2.05) is 19.1 Å². The molecule has 4 heteroatoms. The van der Waals surface area contributed by atoms with Gasteiger partial charge in [-0.05, 0) is 49.7 Å². The quantitative estimate of drug-likeness (QED) is 0.813. The standard InChI is InChI=1S/C16H19FN2O/c1-3-8-18-11-13-5-4-9-19-16(13)20-15-7-6-14(17)10-12(15)2/h4-7,9-10,18H,3,8,11H2,1-2H3. The van der Waals surface area contributed by atoms with Crippen LogP contribution in [-0.4, -0.2) is 11.5 Å². The smallest absolute Gasteiger partial charge is 0.223 e. The van der Waals surface area contributed by atoms with E-state index in [-0.39, 0.29) is 5.82 Å². The van der Waals surface area contributed by atoms with Gasteiger partial charge in [0.2, 0.25) is 5.88 Å². The first-order chi connectivity index (χ1) is 9.70. The fraction of sp³-hybridized carbons (Fsp3) is 0.312. The lowest BCUT2D eigenvalue weighted by atomic mass is 10.2. The van der Waals surface area contributed by atoms with Crippen LogP contribution in [0.2, 0.25) is 0 Å². The van der Waals surface area contributed by atoms with Gasteiger partial charge in [0.1, 0.15) is 11.6 Å². The highest BCUT2D eigenvalue weighted by Gasteiger charge is 2.08. The zero-order valence-electron chi connectivity index (χ0n) is 11.8. The molecule has 1 heterocycles. The van der Waals surface area contributed by atoms with Crippen LogP contribution in [0.4, 0.5) is 4.39 Å². The van der Waals surface area contributed by atoms with Crippen molar-refractivity contribution in [2.45, 2.75) is 26.8 Å². The summed E-state index contributed by atoms with van der Waals surface area (Å²) < 4.78 is 18.9. The molecule has 0 saturated carbocycles. The molecule has 3 nitrogen and oxygen atoms in total. The van der Waals surface area contributed by atoms with Crippen LogP contribution in [0.25, 0.3) is 0 Å². The van der Waals surface area contributed by atoms with Crippen molar-refractivity contribution in [3.05, 3.63) is 53.5 Å². The van der Waals surface area contributed by atoms with Crippen LogP contribution in [0.3, 0.4) is 0 Å². The van der Waals surface area contributed by atoms with E-state index in [0.717, 1.165) is 24.1 Å². The van der Waals surface area contributed by atoms with Gasteiger partial charge in [0.25, 0.3) is 0 Å². The third-order valence-corrected chi connectivity index (χ3v) is 2.94. The molecule has 0 radical (unpaired) electrons. The molecular formula is C16H19FN2O. The van der Waals surface area contributed by atoms with Crippen molar-refractivity contribution in [2.75, 3.05) is 6.54 Å². The first-order valence-corrected chi connectivity index (χ1v) is 6.79. The summed E-state index contributed by atoms with van der Waals surface area (Å²) in [7, 11) is 0. The summed E-state index contributed by atoms with van der Waals surface area (Å²) in [5.41, 5.74) is 1.74. The van der Waals surface area contributed by atoms with E-state index in [4.69, 9.17) is 4.74 Å². The zero-order chi connectivity index (χ0) is 14.4. The van der Waals surface area contributed by atoms with Crippen LogP contribution >= 0.6 is 0 Å². The largest absolute Gasteiger partial charge is 0.438 e. The number of aromatic nitrogens is 1. The highest BCUT2D eigenvalue weighted by atomic mass is 19.1. The highest BCUT2D eigenvalue weighted by molar-refractivity contribution is 5.37. The Kier molecular flexibility index (Phi) is 5.07. The minimum absolute atomic E-state index is 0.263. The van der Waals surface area contributed by atoms with Crippen LogP contribution in [0, 0.1) is 12.7 Å². The Morgan fingerprint density at radius 1 is 1.30 bits per heavy atom. The van der Waals surface area contributed by atoms with Crippen LogP contribution in [0.15, 0.2) is 36.5 Å². The molecule has 1 aromatic heterocycles. The average molecular weight is 274 g/mol. The molecule has 0 fully saturated rings. The van der Waals surface area contributed by atoms with Crippen molar-refractivity contribution in [3.8, 4) is 11.6 Å². The van der Waals surface area contributed by atoms with Gasteiger partial charge in [-0.15, -0.1) is 0 Å². The maximum Gasteiger partial charge on any atom is 0.223 e. The van der Waals surface area contributed by atoms with Gasteiger partial charge in [0.05, 0.1) is 0 Å². The van der Waals surface area contributed by atoms with Crippen LogP contribution < -0.4 is 10.1 Å². The number of rotatable bonds is 6. The van der Waals surface area contributed by atoms with Gasteiger partial charge < -0.3 is 10.1 Å². The number of nitrogens with zero attached hydrogens (tertiary/aromatic N) is 1. The number of aryl methyl sites for hydroxylation is 1. The fourth-order valence-electron chi connectivity index (χ4n) is 1.88. The SMILES string of the molecule is CCCNCc1cccnc1Oc1ccc(F)cc1C. The Balaban J connectivity index is 2.16. The molecule has 2 aromatic rings. The third kappa shape index (κ3) is 3.78. The number of hydrogen-bond donors (Lipinski definition) is 1. The van der Waals surface area contributed by atoms with Crippen LogP contribution in [0.1, 0.15) is 24.5 Å². The Bertz CT molecular complexity index is 572. The number of nitrogens with one attached hydrogen (secondary N) is 1. The second-order valence-electron chi connectivity index (χ2n) is 4.66. The monoisotopic (exact) mass is 274 g/mol. The Hall–Kier alpha value is -1.94. The normalized spacial score (nSPS) is 10.6. The van der Waals surface area contributed by atoms with Gasteiger partial charge in [-0.2, -0.15) is 0 Å². The number of halogens is 1. The van der Waals surface area contributed by atoms with E-state index in [9.17, 15) is 4.39 Å². The van der Waals surface area contributed by atoms with Crippen molar-refractivity contribution in [1.29, 1.82) is 0 Å². The average Bonchev–Trinajstić information content (AvgIpc) is 2.44. The molecule has 0 unspecified atom stereocenters. The van der Waals surface area contributed by atoms with Gasteiger partial charge in [-0.3, -0.25) is 0 Å². The van der Waals surface area contributed by atoms with Crippen molar-refractivity contribution in [1.82, 2.24) is 10.3 Å². The molecule has 0 aliphatic carbocycles. The second-order valence-corrected chi connectivity index (χ2v) is 4.66. The maximum atomic E-state index is 13.1. The van der Waals surface area contributed by atoms with E-state index >= 15 is 0 Å². The summed E-state index contributed by atoms with van der Waals surface area (Å²) in [6.07, 6.45) is 2.77. The topological polar surface area (TPSA) is 34.2 Å². The van der Waals surface area contributed by atoms with Crippen LogP contribution in [0.5, 0.6) is 11.6 Å². The molecule has 0 aliphatic rings. The van der Waals surface area contributed by atoms with E-state index in [1.54, 1.807) is 12.3 Å². The van der Waals surface area contributed by atoms with E-state index in [1.165, 1.54) is 12.1 Å². The van der Waals surface area contributed by atoms with Crippen molar-refractivity contribution in [2.24, 2.45) is 0 Å². The minimum atomic E-state index is -0.263. The predicted octanol–water partition coefficient (Wildman–Crippen LogP) is 3.82. The minimum Gasteiger partial charge on any atom is -0.438 e. The molecule has 1 N–H and O–H groups in total. The van der Waals surface area contributed by atoms with E-state index in [0.29, 0.717) is 18.2 Å². The number of pyridine rings is 1. The van der Waals surface area contributed by atoms with Gasteiger partial charge >= 0.3 is 0 Å². The molecule has 106 valence electrons. The molecule has 0 bridgehead atoms. The summed E-state index contributed by atoms with van der Waals surface area (Å²) in [4.78, 5) is 4.26. The first-order valence-electron chi connectivity index (χ1n) is 6.79. The summed E-state index contributed by atoms with van der Waals surface area (Å²) in [6.45, 7) is 5.59. The fourth-order valence-corrected chi connectivity index (χ4v) is 1.88. The lowest BCUT2D eigenvalue weighted by Crippen LogP contribution is -2.14. The third-order valence-electron chi connectivity index (χ3n) is 2.94. The molecule has 0 atom stereocenters. The molecular weight excluding hydrogens is 255 g/mol. The van der Waals surface area contributed by atoms with Crippen molar-refractivity contribution >= 4 is 0 Å². The molecule has 0 aliphatic heterocycles. The molecule has 20 heavy (non-hydrogen) atoms. The maximum absolute atomic E-state index is 13.1. The van der Waals surface area contributed by atoms with Gasteiger partial charge in [-0.1, -0.05) is 13.0 Å². The van der Waals surface area contributed by atoms with Gasteiger partial charge in [-0.25, -0.2) is 9.37 Å². The Morgan fingerprint density at radius 3 is 2.90 bits per heavy atom. The van der Waals surface area contributed by atoms with E-state index < -0.39 is 0 Å². The van der Waals surface area contributed by atoms with Gasteiger partial charge in [0.15, 0.2) is 0 Å². The van der Waals surface area contributed by atoms with Crippen molar-refractivity contribution in [3.63, 3.8) is 0 Å². The lowest BCUT2D eigenvalue weighted by molar-refractivity contribution is 0.448. The zero-order valence-corrected chi connectivity index (χ0v) is 11.8. The molecule has 0 saturated heterocycles. The summed E-state index contributed by atoms with van der Waals surface area (Å²) in [5, 5.41) is 3.32. The second kappa shape index (κ2) is 7.01. The molecule has 0 amide bonds. The summed E-state index contributed by atoms with van der Waals surface area (Å²) >= 11 is 0. The number of benzene rings is 1. The molecule has 1 aromatic carbocycles. The number of ether oxygens (including phenoxy) is 1. The molecule has 2 rings (SSSR count). The summed E-state index contributed by atoms with van der Waals surface area (Å²) in [5.74, 6) is 0.924.